The zero-order chi connectivity index (χ0) is 24.6. The third kappa shape index (κ3) is 5.26. The van der Waals surface area contributed by atoms with E-state index in [0.717, 1.165) is 51.4 Å². The van der Waals surface area contributed by atoms with E-state index in [1.54, 1.807) is 4.90 Å². The molecule has 186 valence electrons. The van der Waals surface area contributed by atoms with Crippen LogP contribution in [0.3, 0.4) is 0 Å². The first-order valence-corrected chi connectivity index (χ1v) is 12.6. The van der Waals surface area contributed by atoms with Gasteiger partial charge in [-0.3, -0.25) is 19.2 Å². The molecule has 1 unspecified atom stereocenters. The molecule has 1 saturated carbocycles. The molecule has 0 spiro atoms. The highest BCUT2D eigenvalue weighted by atomic mass is 16.2. The first-order chi connectivity index (χ1) is 15.4. The molecule has 8 nitrogen and oxygen atoms in total. The Morgan fingerprint density at radius 2 is 1.55 bits per heavy atom. The fourth-order valence-corrected chi connectivity index (χ4v) is 5.99. The maximum absolute atomic E-state index is 13.5. The zero-order valence-electron chi connectivity index (χ0n) is 20.7. The van der Waals surface area contributed by atoms with Crippen LogP contribution in [0.25, 0.3) is 0 Å². The number of Topliss-reactive ketones (excluding diaryl/α,β-unsaturated/α-hetero) is 1. The number of primary amides is 1. The van der Waals surface area contributed by atoms with Crippen molar-refractivity contribution in [2.24, 2.45) is 34.1 Å². The number of nitrogens with two attached hydrogens (primary N) is 2. The highest BCUT2D eigenvalue weighted by Gasteiger charge is 2.69. The molecular formula is C25H42N4O4. The maximum Gasteiger partial charge on any atom is 0.287 e. The van der Waals surface area contributed by atoms with E-state index in [2.05, 4.69) is 19.2 Å². The van der Waals surface area contributed by atoms with Crippen LogP contribution in [-0.4, -0.2) is 53.1 Å². The first kappa shape index (κ1) is 25.7. The topological polar surface area (TPSA) is 136 Å². The lowest BCUT2D eigenvalue weighted by Gasteiger charge is -2.37. The fourth-order valence-electron chi connectivity index (χ4n) is 5.99. The smallest absolute Gasteiger partial charge is 0.287 e. The Balaban J connectivity index is 1.87. The molecule has 1 aliphatic carbocycles. The third-order valence-electron chi connectivity index (χ3n) is 8.56. The Morgan fingerprint density at radius 3 is 2.15 bits per heavy atom. The van der Waals surface area contributed by atoms with Crippen molar-refractivity contribution in [3.05, 3.63) is 0 Å². The number of nitrogens with zero attached hydrogens (tertiary/aromatic N) is 1. The van der Waals surface area contributed by atoms with Gasteiger partial charge in [-0.25, -0.2) is 0 Å². The molecule has 2 aliphatic heterocycles. The van der Waals surface area contributed by atoms with E-state index in [0.29, 0.717) is 13.0 Å². The van der Waals surface area contributed by atoms with Gasteiger partial charge in [0.1, 0.15) is 6.04 Å². The lowest BCUT2D eigenvalue weighted by atomic mass is 9.79. The summed E-state index contributed by atoms with van der Waals surface area (Å²) in [5, 5.41) is 2.79. The minimum absolute atomic E-state index is 0.0168. The molecule has 0 aromatic carbocycles. The minimum atomic E-state index is -1.04. The Bertz CT molecular complexity index is 793. The quantitative estimate of drug-likeness (QED) is 0.539. The van der Waals surface area contributed by atoms with E-state index in [1.807, 2.05) is 13.8 Å². The number of carbonyl (C=O) groups is 4. The van der Waals surface area contributed by atoms with Gasteiger partial charge in [0, 0.05) is 6.54 Å². The van der Waals surface area contributed by atoms with Crippen molar-refractivity contribution < 1.29 is 19.2 Å². The van der Waals surface area contributed by atoms with E-state index >= 15 is 0 Å². The summed E-state index contributed by atoms with van der Waals surface area (Å²) in [5.74, 6) is -2.16. The predicted octanol–water partition coefficient (Wildman–Crippen LogP) is 1.89. The molecule has 3 fully saturated rings. The number of ketones is 1. The number of piperidine rings is 1. The molecule has 0 radical (unpaired) electrons. The highest BCUT2D eigenvalue weighted by Crippen LogP contribution is 2.65. The second kappa shape index (κ2) is 9.72. The number of nitrogens with one attached hydrogen (secondary N) is 1. The SMILES string of the molecule is CC1(C)CCCCCCCCC[C@@H](C(=O)C(N)=O)NC(=O)[C@@H]2[C@@H]3C(CN2C(=O)[C@H]1N)C3(C)C. The van der Waals surface area contributed by atoms with E-state index in [4.69, 9.17) is 11.5 Å². The first-order valence-electron chi connectivity index (χ1n) is 12.6. The van der Waals surface area contributed by atoms with Crippen LogP contribution < -0.4 is 16.8 Å². The van der Waals surface area contributed by atoms with E-state index < -0.39 is 29.8 Å². The highest BCUT2D eigenvalue weighted by molar-refractivity contribution is 6.37. The lowest BCUT2D eigenvalue weighted by molar-refractivity contribution is -0.144. The van der Waals surface area contributed by atoms with Crippen LogP contribution in [0.5, 0.6) is 0 Å². The van der Waals surface area contributed by atoms with Crippen LogP contribution in [0.4, 0.5) is 0 Å². The minimum Gasteiger partial charge on any atom is -0.363 e. The van der Waals surface area contributed by atoms with Crippen LogP contribution in [0.1, 0.15) is 85.5 Å². The van der Waals surface area contributed by atoms with Crippen LogP contribution in [-0.2, 0) is 19.2 Å². The van der Waals surface area contributed by atoms with Crippen molar-refractivity contribution in [1.29, 1.82) is 0 Å². The second-order valence-electron chi connectivity index (χ2n) is 11.7. The van der Waals surface area contributed by atoms with Crippen molar-refractivity contribution >= 4 is 23.5 Å². The summed E-state index contributed by atoms with van der Waals surface area (Å²) in [6, 6.07) is -2.33. The van der Waals surface area contributed by atoms with Gasteiger partial charge in [-0.05, 0) is 35.5 Å². The number of carbonyl (C=O) groups excluding carboxylic acids is 4. The summed E-state index contributed by atoms with van der Waals surface area (Å²) < 4.78 is 0. The van der Waals surface area contributed by atoms with Gasteiger partial charge in [0.2, 0.25) is 17.6 Å². The molecule has 3 aliphatic rings. The maximum atomic E-state index is 13.5. The number of hydrogen-bond acceptors (Lipinski definition) is 5. The molecular weight excluding hydrogens is 420 g/mol. The number of hydrogen-bond donors (Lipinski definition) is 3. The summed E-state index contributed by atoms with van der Waals surface area (Å²) in [7, 11) is 0. The molecule has 3 rings (SSSR count). The van der Waals surface area contributed by atoms with Gasteiger partial charge in [-0.1, -0.05) is 72.6 Å². The summed E-state index contributed by atoms with van der Waals surface area (Å²) in [6.07, 6.45) is 8.26. The van der Waals surface area contributed by atoms with E-state index in [1.165, 1.54) is 0 Å². The van der Waals surface area contributed by atoms with Crippen molar-refractivity contribution in [2.45, 2.75) is 104 Å². The molecule has 8 heteroatoms. The van der Waals surface area contributed by atoms with Crippen LogP contribution >= 0.6 is 0 Å². The van der Waals surface area contributed by atoms with Crippen LogP contribution in [0.2, 0.25) is 0 Å². The molecule has 0 bridgehead atoms. The second-order valence-corrected chi connectivity index (χ2v) is 11.7. The average Bonchev–Trinajstić information content (AvgIpc) is 3.09. The Kier molecular flexibility index (Phi) is 7.56. The molecule has 3 amide bonds. The summed E-state index contributed by atoms with van der Waals surface area (Å²) in [4.78, 5) is 52.7. The molecule has 5 atom stereocenters. The Morgan fingerprint density at radius 1 is 0.970 bits per heavy atom. The molecule has 2 heterocycles. The third-order valence-corrected chi connectivity index (χ3v) is 8.56. The fraction of sp³-hybridized carbons (Fsp3) is 0.840. The van der Waals surface area contributed by atoms with E-state index in [-0.39, 0.29) is 34.5 Å². The standard InChI is InChI=1S/C25H42N4O4/c1-24(2)13-11-9-7-5-6-8-10-12-16(19(30)21(27)31)28-22(32)18-17-15(25(17,3)4)14-29(18)23(33)20(24)26/h15-18,20H,5-14,26H2,1-4H3,(H2,27,31)(H,28,32)/t15?,16-,17-,18-,20+/m0/s1. The van der Waals surface area contributed by atoms with Gasteiger partial charge in [-0.15, -0.1) is 0 Å². The Labute approximate surface area is 197 Å². The van der Waals surface area contributed by atoms with Crippen molar-refractivity contribution in [3.8, 4) is 0 Å². The van der Waals surface area contributed by atoms with Crippen molar-refractivity contribution in [1.82, 2.24) is 10.2 Å². The molecule has 33 heavy (non-hydrogen) atoms. The van der Waals surface area contributed by atoms with Crippen molar-refractivity contribution in [2.75, 3.05) is 6.54 Å². The number of fused-ring (bicyclic) bond motifs is 3. The summed E-state index contributed by atoms with van der Waals surface area (Å²) in [5.41, 5.74) is 11.3. The van der Waals surface area contributed by atoms with Gasteiger partial charge in [0.15, 0.2) is 0 Å². The zero-order valence-corrected chi connectivity index (χ0v) is 20.7. The average molecular weight is 463 g/mol. The molecule has 5 N–H and O–H groups in total. The molecule has 0 aromatic rings. The normalized spacial score (nSPS) is 35.1. The number of amides is 3. The molecule has 0 aromatic heterocycles. The van der Waals surface area contributed by atoms with Crippen molar-refractivity contribution in [3.63, 3.8) is 0 Å². The van der Waals surface area contributed by atoms with Crippen LogP contribution in [0.15, 0.2) is 0 Å². The van der Waals surface area contributed by atoms with Gasteiger partial charge < -0.3 is 21.7 Å². The number of rotatable bonds is 2. The largest absolute Gasteiger partial charge is 0.363 e. The van der Waals surface area contributed by atoms with Gasteiger partial charge >= 0.3 is 0 Å². The van der Waals surface area contributed by atoms with Crippen LogP contribution in [0, 0.1) is 22.7 Å². The lowest BCUT2D eigenvalue weighted by Crippen LogP contribution is -2.59. The van der Waals surface area contributed by atoms with E-state index in [9.17, 15) is 19.2 Å². The summed E-state index contributed by atoms with van der Waals surface area (Å²) >= 11 is 0. The summed E-state index contributed by atoms with van der Waals surface area (Å²) in [6.45, 7) is 8.76. The molecule has 2 saturated heterocycles. The Hall–Kier alpha value is -1.96. The predicted molar refractivity (Wildman–Crippen MR) is 126 cm³/mol. The van der Waals surface area contributed by atoms with Gasteiger partial charge in [0.25, 0.3) is 5.91 Å². The van der Waals surface area contributed by atoms with Gasteiger partial charge in [-0.2, -0.15) is 0 Å². The van der Waals surface area contributed by atoms with Gasteiger partial charge in [0.05, 0.1) is 12.1 Å². The monoisotopic (exact) mass is 462 g/mol.